The fraction of sp³-hybridized carbons (Fsp3) is 0.174. The Kier molecular flexibility index (Phi) is 7.44. The zero-order chi connectivity index (χ0) is 19.6. The number of benzene rings is 2. The Bertz CT molecular complexity index is 832. The van der Waals surface area contributed by atoms with Gasteiger partial charge in [-0.25, -0.2) is 0 Å². The smallest absolute Gasteiger partial charge is 0.185 e. The minimum Gasteiger partial charge on any atom is -0.493 e. The van der Waals surface area contributed by atoms with Gasteiger partial charge in [-0.3, -0.25) is 4.79 Å². The van der Waals surface area contributed by atoms with Gasteiger partial charge in [0.25, 0.3) is 0 Å². The standard InChI is InChI=1S/C23H24O4/c1-5-7-19-15-17(16-22(25-3)23(19)26-4)8-13-21(24)18-9-11-20(12-10-18)27-14-6-2/h5-6,8-13,15-16H,1-2,7,14H2,3-4H3/b13-8+. The molecule has 0 amide bonds. The number of hydrogen-bond donors (Lipinski definition) is 0. The summed E-state index contributed by atoms with van der Waals surface area (Å²) < 4.78 is 16.3. The van der Waals surface area contributed by atoms with Crippen LogP contribution in [0.3, 0.4) is 0 Å². The largest absolute Gasteiger partial charge is 0.493 e. The summed E-state index contributed by atoms with van der Waals surface area (Å²) in [6, 6.07) is 10.8. The number of carbonyl (C=O) groups is 1. The van der Waals surface area contributed by atoms with Gasteiger partial charge in [0.15, 0.2) is 17.3 Å². The highest BCUT2D eigenvalue weighted by molar-refractivity contribution is 6.06. The molecule has 0 spiro atoms. The first-order chi connectivity index (χ1) is 13.1. The molecular weight excluding hydrogens is 340 g/mol. The van der Waals surface area contributed by atoms with Crippen LogP contribution in [-0.2, 0) is 6.42 Å². The van der Waals surface area contributed by atoms with Crippen LogP contribution in [0.1, 0.15) is 21.5 Å². The van der Waals surface area contributed by atoms with Gasteiger partial charge in [-0.2, -0.15) is 0 Å². The van der Waals surface area contributed by atoms with E-state index in [1.54, 1.807) is 62.8 Å². The van der Waals surface area contributed by atoms with E-state index in [-0.39, 0.29) is 5.78 Å². The summed E-state index contributed by atoms with van der Waals surface area (Å²) in [6.45, 7) is 7.81. The molecule has 0 aromatic heterocycles. The molecule has 0 saturated carbocycles. The van der Waals surface area contributed by atoms with Gasteiger partial charge in [0.05, 0.1) is 14.2 Å². The zero-order valence-electron chi connectivity index (χ0n) is 15.7. The SMILES string of the molecule is C=CCOc1ccc(C(=O)/C=C/c2cc(CC=C)c(OC)c(OC)c2)cc1. The van der Waals surface area contributed by atoms with Crippen LogP contribution in [0.15, 0.2) is 67.8 Å². The van der Waals surface area contributed by atoms with E-state index in [0.717, 1.165) is 11.1 Å². The molecule has 0 fully saturated rings. The minimum absolute atomic E-state index is 0.0923. The molecule has 0 saturated heterocycles. The lowest BCUT2D eigenvalue weighted by Crippen LogP contribution is -1.98. The van der Waals surface area contributed by atoms with Gasteiger partial charge in [-0.1, -0.05) is 24.8 Å². The molecule has 0 aliphatic rings. The summed E-state index contributed by atoms with van der Waals surface area (Å²) >= 11 is 0. The first-order valence-electron chi connectivity index (χ1n) is 8.54. The third-order valence-corrected chi connectivity index (χ3v) is 3.88. The number of ketones is 1. The average Bonchev–Trinajstić information content (AvgIpc) is 2.70. The van der Waals surface area contributed by atoms with Gasteiger partial charge in [0.2, 0.25) is 0 Å². The summed E-state index contributed by atoms with van der Waals surface area (Å²) in [5.74, 6) is 1.90. The van der Waals surface area contributed by atoms with Crippen LogP contribution >= 0.6 is 0 Å². The highest BCUT2D eigenvalue weighted by Crippen LogP contribution is 2.33. The van der Waals surface area contributed by atoms with Crippen LogP contribution in [0, 0.1) is 0 Å². The van der Waals surface area contributed by atoms with Gasteiger partial charge in [-0.15, -0.1) is 6.58 Å². The maximum absolute atomic E-state index is 12.4. The van der Waals surface area contributed by atoms with E-state index < -0.39 is 0 Å². The monoisotopic (exact) mass is 364 g/mol. The fourth-order valence-corrected chi connectivity index (χ4v) is 2.61. The number of rotatable bonds is 10. The van der Waals surface area contributed by atoms with Crippen molar-refractivity contribution in [3.63, 3.8) is 0 Å². The van der Waals surface area contributed by atoms with E-state index in [1.165, 1.54) is 0 Å². The van der Waals surface area contributed by atoms with Crippen molar-refractivity contribution >= 4 is 11.9 Å². The Labute approximate surface area is 160 Å². The van der Waals surface area contributed by atoms with E-state index in [0.29, 0.717) is 35.8 Å². The predicted molar refractivity (Wildman–Crippen MR) is 109 cm³/mol. The normalized spacial score (nSPS) is 10.4. The second-order valence-corrected chi connectivity index (χ2v) is 5.73. The quantitative estimate of drug-likeness (QED) is 0.342. The first kappa shape index (κ1) is 20.0. The van der Waals surface area contributed by atoms with Crippen LogP contribution in [0.5, 0.6) is 17.2 Å². The number of carbonyl (C=O) groups excluding carboxylic acids is 1. The van der Waals surface area contributed by atoms with Crippen LogP contribution in [-0.4, -0.2) is 26.6 Å². The van der Waals surface area contributed by atoms with Crippen molar-refractivity contribution in [3.8, 4) is 17.2 Å². The molecule has 2 rings (SSSR count). The van der Waals surface area contributed by atoms with Crippen LogP contribution in [0.25, 0.3) is 6.08 Å². The minimum atomic E-state index is -0.0923. The van der Waals surface area contributed by atoms with E-state index >= 15 is 0 Å². The molecule has 2 aromatic rings. The first-order valence-corrected chi connectivity index (χ1v) is 8.54. The van der Waals surface area contributed by atoms with Crippen LogP contribution < -0.4 is 14.2 Å². The molecule has 2 aromatic carbocycles. The highest BCUT2D eigenvalue weighted by atomic mass is 16.5. The van der Waals surface area contributed by atoms with Gasteiger partial charge >= 0.3 is 0 Å². The number of ether oxygens (including phenoxy) is 3. The van der Waals surface area contributed by atoms with Crippen molar-refractivity contribution < 1.29 is 19.0 Å². The molecule has 0 N–H and O–H groups in total. The Morgan fingerprint density at radius 1 is 1.04 bits per heavy atom. The second kappa shape index (κ2) is 10.0. The fourth-order valence-electron chi connectivity index (χ4n) is 2.61. The molecule has 0 unspecified atom stereocenters. The Morgan fingerprint density at radius 2 is 1.78 bits per heavy atom. The van der Waals surface area contributed by atoms with Crippen molar-refractivity contribution in [2.75, 3.05) is 20.8 Å². The maximum atomic E-state index is 12.4. The van der Waals surface area contributed by atoms with Crippen LogP contribution in [0.2, 0.25) is 0 Å². The number of allylic oxidation sites excluding steroid dienone is 2. The lowest BCUT2D eigenvalue weighted by Gasteiger charge is -2.13. The van der Waals surface area contributed by atoms with E-state index in [1.807, 2.05) is 12.1 Å². The van der Waals surface area contributed by atoms with Crippen molar-refractivity contribution in [2.24, 2.45) is 0 Å². The molecule has 0 aliphatic heterocycles. The van der Waals surface area contributed by atoms with Crippen molar-refractivity contribution in [1.82, 2.24) is 0 Å². The molecule has 0 bridgehead atoms. The summed E-state index contributed by atoms with van der Waals surface area (Å²) in [4.78, 5) is 12.4. The predicted octanol–water partition coefficient (Wildman–Crippen LogP) is 4.89. The van der Waals surface area contributed by atoms with E-state index in [2.05, 4.69) is 13.2 Å². The molecule has 0 radical (unpaired) electrons. The molecule has 0 atom stereocenters. The number of methoxy groups -OCH3 is 2. The molecule has 140 valence electrons. The van der Waals surface area contributed by atoms with Gasteiger partial charge in [0.1, 0.15) is 12.4 Å². The molecule has 4 heteroatoms. The molecule has 0 heterocycles. The van der Waals surface area contributed by atoms with E-state index in [9.17, 15) is 4.79 Å². The number of hydrogen-bond acceptors (Lipinski definition) is 4. The summed E-state index contributed by atoms with van der Waals surface area (Å²) in [6.07, 6.45) is 7.41. The lowest BCUT2D eigenvalue weighted by molar-refractivity contribution is 0.104. The third kappa shape index (κ3) is 5.35. The molecule has 27 heavy (non-hydrogen) atoms. The topological polar surface area (TPSA) is 44.8 Å². The van der Waals surface area contributed by atoms with Crippen molar-refractivity contribution in [3.05, 3.63) is 84.5 Å². The average molecular weight is 364 g/mol. The van der Waals surface area contributed by atoms with Gasteiger partial charge < -0.3 is 14.2 Å². The molecular formula is C23H24O4. The summed E-state index contributed by atoms with van der Waals surface area (Å²) in [7, 11) is 3.19. The molecule has 0 aliphatic carbocycles. The Hall–Kier alpha value is -3.27. The third-order valence-electron chi connectivity index (χ3n) is 3.88. The lowest BCUT2D eigenvalue weighted by atomic mass is 10.0. The Morgan fingerprint density at radius 3 is 2.37 bits per heavy atom. The molecule has 4 nitrogen and oxygen atoms in total. The van der Waals surface area contributed by atoms with Crippen LogP contribution in [0.4, 0.5) is 0 Å². The summed E-state index contributed by atoms with van der Waals surface area (Å²) in [5.41, 5.74) is 2.38. The zero-order valence-corrected chi connectivity index (χ0v) is 15.7. The van der Waals surface area contributed by atoms with Crippen molar-refractivity contribution in [2.45, 2.75) is 6.42 Å². The van der Waals surface area contributed by atoms with Crippen molar-refractivity contribution in [1.29, 1.82) is 0 Å². The highest BCUT2D eigenvalue weighted by Gasteiger charge is 2.11. The summed E-state index contributed by atoms with van der Waals surface area (Å²) in [5, 5.41) is 0. The van der Waals surface area contributed by atoms with Gasteiger partial charge in [0, 0.05) is 11.1 Å². The van der Waals surface area contributed by atoms with E-state index in [4.69, 9.17) is 14.2 Å². The second-order valence-electron chi connectivity index (χ2n) is 5.73. The maximum Gasteiger partial charge on any atom is 0.185 e. The van der Waals surface area contributed by atoms with Gasteiger partial charge in [-0.05, 0) is 54.5 Å². The Balaban J connectivity index is 2.20.